The van der Waals surface area contributed by atoms with E-state index in [-0.39, 0.29) is 17.9 Å². The first-order chi connectivity index (χ1) is 12.5. The van der Waals surface area contributed by atoms with E-state index < -0.39 is 0 Å². The number of fused-ring (bicyclic) bond motifs is 1. The van der Waals surface area contributed by atoms with Crippen LogP contribution in [0.1, 0.15) is 25.5 Å². The van der Waals surface area contributed by atoms with E-state index in [2.05, 4.69) is 24.9 Å². The van der Waals surface area contributed by atoms with E-state index in [0.717, 1.165) is 22.0 Å². The summed E-state index contributed by atoms with van der Waals surface area (Å²) in [6, 6.07) is 8.15. The van der Waals surface area contributed by atoms with Crippen molar-refractivity contribution in [3.05, 3.63) is 71.8 Å². The van der Waals surface area contributed by atoms with E-state index in [9.17, 15) is 4.79 Å². The molecule has 0 spiro atoms. The minimum absolute atomic E-state index is 0.0181. The monoisotopic (exact) mass is 351 g/mol. The van der Waals surface area contributed by atoms with E-state index in [4.69, 9.17) is 10.5 Å². The number of aromatic amines is 1. The zero-order valence-corrected chi connectivity index (χ0v) is 15.4. The fourth-order valence-electron chi connectivity index (χ4n) is 3.34. The van der Waals surface area contributed by atoms with Crippen molar-refractivity contribution < 1.29 is 9.53 Å². The molecular formula is C21H25N3O2. The van der Waals surface area contributed by atoms with Crippen molar-refractivity contribution in [3.63, 3.8) is 0 Å². The van der Waals surface area contributed by atoms with Gasteiger partial charge in [-0.05, 0) is 23.6 Å². The first-order valence-electron chi connectivity index (χ1n) is 8.77. The number of nitrogens with zero attached hydrogens (tertiary/aromatic N) is 1. The van der Waals surface area contributed by atoms with Crippen LogP contribution in [-0.2, 0) is 9.53 Å². The van der Waals surface area contributed by atoms with Gasteiger partial charge >= 0.3 is 0 Å². The average molecular weight is 351 g/mol. The van der Waals surface area contributed by atoms with Crippen LogP contribution in [0, 0.1) is 5.92 Å². The summed E-state index contributed by atoms with van der Waals surface area (Å²) in [7, 11) is 1.85. The number of carbonyl (C=O) groups excluding carboxylic acids is 1. The van der Waals surface area contributed by atoms with Crippen LogP contribution in [-0.4, -0.2) is 29.4 Å². The lowest BCUT2D eigenvalue weighted by Crippen LogP contribution is -2.32. The number of aromatic nitrogens is 1. The second-order valence-corrected chi connectivity index (χ2v) is 6.86. The molecule has 5 heteroatoms. The third-order valence-corrected chi connectivity index (χ3v) is 4.64. The van der Waals surface area contributed by atoms with Crippen LogP contribution in [0.4, 0.5) is 0 Å². The molecule has 0 saturated heterocycles. The fourth-order valence-corrected chi connectivity index (χ4v) is 3.34. The molecule has 3 rings (SSSR count). The molecule has 0 radical (unpaired) electrons. The van der Waals surface area contributed by atoms with Crippen LogP contribution in [0.5, 0.6) is 0 Å². The summed E-state index contributed by atoms with van der Waals surface area (Å²) in [4.78, 5) is 17.9. The van der Waals surface area contributed by atoms with Gasteiger partial charge in [0.1, 0.15) is 6.61 Å². The van der Waals surface area contributed by atoms with Crippen LogP contribution >= 0.6 is 0 Å². The molecular weight excluding hydrogens is 326 g/mol. The fraction of sp³-hybridized carbons (Fsp3) is 0.286. The molecule has 1 aliphatic heterocycles. The van der Waals surface area contributed by atoms with Crippen molar-refractivity contribution in [2.75, 3.05) is 13.7 Å². The molecule has 1 unspecified atom stereocenters. The number of likely N-dealkylation sites (N-methyl/N-ethyl adjacent to an activating group) is 1. The first kappa shape index (κ1) is 17.9. The number of para-hydroxylation sites is 1. The van der Waals surface area contributed by atoms with Gasteiger partial charge in [-0.15, -0.1) is 0 Å². The summed E-state index contributed by atoms with van der Waals surface area (Å²) in [5.74, 6) is 0.624. The van der Waals surface area contributed by atoms with Crippen molar-refractivity contribution >= 4 is 16.8 Å². The van der Waals surface area contributed by atoms with Crippen LogP contribution in [0.15, 0.2) is 66.2 Å². The van der Waals surface area contributed by atoms with Gasteiger partial charge in [-0.1, -0.05) is 44.2 Å². The molecule has 1 aromatic heterocycles. The number of amides is 1. The quantitative estimate of drug-likeness (QED) is 0.808. The molecule has 0 bridgehead atoms. The van der Waals surface area contributed by atoms with Gasteiger partial charge in [0.05, 0.1) is 6.04 Å². The molecule has 5 nitrogen and oxygen atoms in total. The van der Waals surface area contributed by atoms with Gasteiger partial charge in [0, 0.05) is 35.8 Å². The zero-order valence-electron chi connectivity index (χ0n) is 15.4. The average Bonchev–Trinajstić information content (AvgIpc) is 3.04. The topological polar surface area (TPSA) is 71.4 Å². The molecule has 1 amide bonds. The number of carbonyl (C=O) groups is 1. The Morgan fingerprint density at radius 2 is 2.08 bits per heavy atom. The van der Waals surface area contributed by atoms with Crippen molar-refractivity contribution in [1.82, 2.24) is 9.88 Å². The lowest BCUT2D eigenvalue weighted by molar-refractivity contribution is -0.127. The molecule has 1 atom stereocenters. The van der Waals surface area contributed by atoms with Crippen LogP contribution in [0.2, 0.25) is 0 Å². The molecule has 2 heterocycles. The number of nitrogens with one attached hydrogen (secondary N) is 1. The molecule has 3 N–H and O–H groups in total. The summed E-state index contributed by atoms with van der Waals surface area (Å²) in [6.45, 7) is 4.64. The maximum Gasteiger partial charge on any atom is 0.246 e. The van der Waals surface area contributed by atoms with E-state index in [1.807, 2.05) is 37.5 Å². The first-order valence-corrected chi connectivity index (χ1v) is 8.77. The van der Waals surface area contributed by atoms with Gasteiger partial charge in [0.15, 0.2) is 5.88 Å². The Hall–Kier alpha value is -2.95. The molecule has 1 aromatic carbocycles. The normalized spacial score (nSPS) is 15.7. The van der Waals surface area contributed by atoms with Crippen molar-refractivity contribution in [1.29, 1.82) is 0 Å². The van der Waals surface area contributed by atoms with Gasteiger partial charge in [-0.3, -0.25) is 4.79 Å². The number of hydrogen-bond acceptors (Lipinski definition) is 3. The lowest BCUT2D eigenvalue weighted by atomic mass is 9.94. The number of H-pyrrole nitrogens is 1. The van der Waals surface area contributed by atoms with E-state index >= 15 is 0 Å². The lowest BCUT2D eigenvalue weighted by Gasteiger charge is -2.30. The number of hydrogen-bond donors (Lipinski definition) is 2. The SMILES string of the molecule is CC(C)C(c1c[nH]c2ccccc12)N(C)C(=O)/C=C/C1=CC=C(N)OC1. The predicted octanol–water partition coefficient (Wildman–Crippen LogP) is 3.64. The highest BCUT2D eigenvalue weighted by atomic mass is 16.5. The summed E-state index contributed by atoms with van der Waals surface area (Å²) in [6.07, 6.45) is 8.94. The molecule has 26 heavy (non-hydrogen) atoms. The van der Waals surface area contributed by atoms with Gasteiger partial charge in [0.25, 0.3) is 0 Å². The molecule has 0 fully saturated rings. The third-order valence-electron chi connectivity index (χ3n) is 4.64. The minimum atomic E-state index is -0.0441. The third kappa shape index (κ3) is 3.67. The van der Waals surface area contributed by atoms with Crippen LogP contribution < -0.4 is 5.73 Å². The van der Waals surface area contributed by atoms with Gasteiger partial charge in [-0.2, -0.15) is 0 Å². The highest BCUT2D eigenvalue weighted by Crippen LogP contribution is 2.33. The molecule has 0 saturated carbocycles. The Balaban J connectivity index is 1.83. The molecule has 2 aromatic rings. The van der Waals surface area contributed by atoms with Gasteiger partial charge in [-0.25, -0.2) is 0 Å². The number of ether oxygens (including phenoxy) is 1. The highest BCUT2D eigenvalue weighted by Gasteiger charge is 2.26. The summed E-state index contributed by atoms with van der Waals surface area (Å²) < 4.78 is 5.27. The Kier molecular flexibility index (Phi) is 5.16. The smallest absolute Gasteiger partial charge is 0.246 e. The van der Waals surface area contributed by atoms with E-state index in [1.54, 1.807) is 23.1 Å². The zero-order chi connectivity index (χ0) is 18.7. The number of nitrogens with two attached hydrogens (primary N) is 1. The summed E-state index contributed by atoms with van der Waals surface area (Å²) >= 11 is 0. The highest BCUT2D eigenvalue weighted by molar-refractivity contribution is 5.89. The van der Waals surface area contributed by atoms with Crippen molar-refractivity contribution in [2.24, 2.45) is 11.7 Å². The number of benzene rings is 1. The summed E-state index contributed by atoms with van der Waals surface area (Å²) in [5, 5.41) is 1.15. The van der Waals surface area contributed by atoms with E-state index in [1.165, 1.54) is 0 Å². The molecule has 1 aliphatic rings. The minimum Gasteiger partial charge on any atom is -0.475 e. The standard InChI is InChI=1S/C21H25N3O2/c1-14(2)21(17-12-23-18-7-5-4-6-16(17)18)24(3)20(25)11-9-15-8-10-19(22)26-13-15/h4-12,14,21,23H,13,22H2,1-3H3/b11-9+. The maximum atomic E-state index is 12.7. The Morgan fingerprint density at radius 1 is 1.31 bits per heavy atom. The Labute approximate surface area is 153 Å². The second-order valence-electron chi connectivity index (χ2n) is 6.86. The predicted molar refractivity (Wildman–Crippen MR) is 104 cm³/mol. The number of rotatable bonds is 5. The van der Waals surface area contributed by atoms with Crippen LogP contribution in [0.25, 0.3) is 10.9 Å². The van der Waals surface area contributed by atoms with Gasteiger partial charge in [0.2, 0.25) is 5.91 Å². The van der Waals surface area contributed by atoms with Gasteiger partial charge < -0.3 is 20.4 Å². The largest absolute Gasteiger partial charge is 0.475 e. The van der Waals surface area contributed by atoms with Crippen molar-refractivity contribution in [3.8, 4) is 0 Å². The second kappa shape index (κ2) is 7.52. The Morgan fingerprint density at radius 3 is 2.77 bits per heavy atom. The maximum absolute atomic E-state index is 12.7. The number of allylic oxidation sites excluding steroid dienone is 2. The Bertz CT molecular complexity index is 890. The molecule has 136 valence electrons. The molecule has 0 aliphatic carbocycles. The van der Waals surface area contributed by atoms with Crippen molar-refractivity contribution in [2.45, 2.75) is 19.9 Å². The summed E-state index contributed by atoms with van der Waals surface area (Å²) in [5.41, 5.74) is 8.69. The van der Waals surface area contributed by atoms with Crippen LogP contribution in [0.3, 0.4) is 0 Å². The van der Waals surface area contributed by atoms with E-state index in [0.29, 0.717) is 12.5 Å².